The lowest BCUT2D eigenvalue weighted by Gasteiger charge is -2.07. The molecule has 0 bridgehead atoms. The monoisotopic (exact) mass is 368 g/mol. The molecule has 0 atom stereocenters. The van der Waals surface area contributed by atoms with Gasteiger partial charge in [0.2, 0.25) is 5.91 Å². The Morgan fingerprint density at radius 3 is 2.68 bits per heavy atom. The molecule has 1 amide bonds. The first-order valence-corrected chi connectivity index (χ1v) is 8.45. The zero-order chi connectivity index (χ0) is 18.2. The van der Waals surface area contributed by atoms with Gasteiger partial charge in [0.15, 0.2) is 5.16 Å². The predicted molar refractivity (Wildman–Crippen MR) is 91.7 cm³/mol. The average Bonchev–Trinajstić information content (AvgIpc) is 2.53. The van der Waals surface area contributed by atoms with E-state index in [1.807, 2.05) is 0 Å². The van der Waals surface area contributed by atoms with Crippen LogP contribution in [0.4, 0.5) is 14.6 Å². The fourth-order valence-electron chi connectivity index (χ4n) is 1.99. The minimum absolute atomic E-state index is 0.108. The Balaban J connectivity index is 1.71. The van der Waals surface area contributed by atoms with Gasteiger partial charge < -0.3 is 15.8 Å². The number of nitrogens with one attached hydrogen (secondary N) is 1. The molecule has 134 valence electrons. The number of thioether (sulfide) groups is 1. The molecule has 0 aliphatic heterocycles. The van der Waals surface area contributed by atoms with Crippen LogP contribution >= 0.6 is 11.8 Å². The number of rotatable bonds is 8. The summed E-state index contributed by atoms with van der Waals surface area (Å²) in [5, 5.41) is 3.24. The number of hydrogen-bond donors (Lipinski definition) is 2. The van der Waals surface area contributed by atoms with Crippen LogP contribution in [-0.4, -0.2) is 34.8 Å². The summed E-state index contributed by atoms with van der Waals surface area (Å²) in [5.41, 5.74) is 7.28. The molecule has 0 saturated heterocycles. The summed E-state index contributed by atoms with van der Waals surface area (Å²) in [7, 11) is 0. The lowest BCUT2D eigenvalue weighted by molar-refractivity contribution is -0.118. The number of ether oxygens (including phenoxy) is 1. The summed E-state index contributed by atoms with van der Waals surface area (Å²) in [6.45, 7) is -0.596. The lowest BCUT2D eigenvalue weighted by Crippen LogP contribution is -2.27. The number of amides is 1. The number of hydrogen-bond acceptors (Lipinski definition) is 6. The Kier molecular flexibility index (Phi) is 6.93. The molecule has 0 saturated carbocycles. The fraction of sp³-hybridized carbons (Fsp3) is 0.312. The van der Waals surface area contributed by atoms with Gasteiger partial charge in [-0.2, -0.15) is 8.78 Å². The van der Waals surface area contributed by atoms with Gasteiger partial charge >= 0.3 is 6.61 Å². The number of benzene rings is 1. The van der Waals surface area contributed by atoms with Crippen LogP contribution in [0.3, 0.4) is 0 Å². The highest BCUT2D eigenvalue weighted by Crippen LogP contribution is 2.16. The summed E-state index contributed by atoms with van der Waals surface area (Å²) in [5.74, 6) is 0.516. The molecule has 3 N–H and O–H groups in total. The van der Waals surface area contributed by atoms with Crippen molar-refractivity contribution in [1.82, 2.24) is 15.3 Å². The van der Waals surface area contributed by atoms with E-state index >= 15 is 0 Å². The normalized spacial score (nSPS) is 10.7. The first kappa shape index (κ1) is 18.9. The largest absolute Gasteiger partial charge is 0.435 e. The van der Waals surface area contributed by atoms with E-state index in [-0.39, 0.29) is 17.4 Å². The number of nitrogen functional groups attached to an aromatic ring is 1. The summed E-state index contributed by atoms with van der Waals surface area (Å²) < 4.78 is 28.4. The maximum atomic E-state index is 12.1. The number of carbonyl (C=O) groups is 1. The fourth-order valence-corrected chi connectivity index (χ4v) is 2.74. The maximum Gasteiger partial charge on any atom is 0.387 e. The molecule has 0 aliphatic rings. The van der Waals surface area contributed by atoms with Gasteiger partial charge in [-0.3, -0.25) is 4.79 Å². The van der Waals surface area contributed by atoms with Crippen LogP contribution < -0.4 is 15.8 Å². The zero-order valence-electron chi connectivity index (χ0n) is 13.5. The molecule has 0 aliphatic carbocycles. The Morgan fingerprint density at radius 1 is 1.32 bits per heavy atom. The molecule has 0 radical (unpaired) electrons. The SMILES string of the molecule is Cc1cc(N)nc(SCC(=O)NCCc2ccc(OC(F)F)cc2)n1. The van der Waals surface area contributed by atoms with Crippen molar-refractivity contribution in [3.05, 3.63) is 41.6 Å². The first-order valence-electron chi connectivity index (χ1n) is 7.47. The summed E-state index contributed by atoms with van der Waals surface area (Å²) in [4.78, 5) is 20.1. The van der Waals surface area contributed by atoms with E-state index in [0.717, 1.165) is 11.3 Å². The third-order valence-corrected chi connectivity index (χ3v) is 3.92. The van der Waals surface area contributed by atoms with Gasteiger partial charge in [0.1, 0.15) is 11.6 Å². The molecule has 0 unspecified atom stereocenters. The second kappa shape index (κ2) is 9.16. The smallest absolute Gasteiger partial charge is 0.387 e. The van der Waals surface area contributed by atoms with Crippen molar-refractivity contribution in [2.45, 2.75) is 25.1 Å². The van der Waals surface area contributed by atoms with Gasteiger partial charge in [-0.1, -0.05) is 23.9 Å². The number of carbonyl (C=O) groups excluding carboxylic acids is 1. The maximum absolute atomic E-state index is 12.1. The van der Waals surface area contributed by atoms with Crippen LogP contribution in [0.15, 0.2) is 35.5 Å². The van der Waals surface area contributed by atoms with Gasteiger partial charge in [0.05, 0.1) is 5.75 Å². The van der Waals surface area contributed by atoms with E-state index in [1.54, 1.807) is 25.1 Å². The highest BCUT2D eigenvalue weighted by Gasteiger charge is 2.07. The Morgan fingerprint density at radius 2 is 2.04 bits per heavy atom. The van der Waals surface area contributed by atoms with E-state index < -0.39 is 6.61 Å². The summed E-state index contributed by atoms with van der Waals surface area (Å²) in [6.07, 6.45) is 0.583. The van der Waals surface area contributed by atoms with Crippen LogP contribution in [0.5, 0.6) is 5.75 Å². The minimum Gasteiger partial charge on any atom is -0.435 e. The number of halogens is 2. The molecule has 0 spiro atoms. The van der Waals surface area contributed by atoms with Gasteiger partial charge in [-0.15, -0.1) is 0 Å². The number of nitrogens with zero attached hydrogens (tertiary/aromatic N) is 2. The molecule has 1 aromatic carbocycles. The molecule has 1 aromatic heterocycles. The predicted octanol–water partition coefficient (Wildman–Crippen LogP) is 2.42. The van der Waals surface area contributed by atoms with E-state index in [1.165, 1.54) is 23.9 Å². The molecule has 0 fully saturated rings. The highest BCUT2D eigenvalue weighted by atomic mass is 32.2. The minimum atomic E-state index is -2.84. The topological polar surface area (TPSA) is 90.1 Å². The Bertz CT molecular complexity index is 694. The molecule has 1 heterocycles. The molecule has 25 heavy (non-hydrogen) atoms. The zero-order valence-corrected chi connectivity index (χ0v) is 14.4. The molecule has 2 aromatic rings. The van der Waals surface area contributed by atoms with Crippen LogP contribution in [0.2, 0.25) is 0 Å². The summed E-state index contributed by atoms with van der Waals surface area (Å²) in [6, 6.07) is 7.96. The van der Waals surface area contributed by atoms with E-state index in [4.69, 9.17) is 5.73 Å². The molecular weight excluding hydrogens is 350 g/mol. The number of aromatic nitrogens is 2. The van der Waals surface area contributed by atoms with Crippen LogP contribution in [0.25, 0.3) is 0 Å². The standard InChI is InChI=1S/C16H18F2N4O2S/c1-10-8-13(19)22-16(21-10)25-9-14(23)20-7-6-11-2-4-12(5-3-11)24-15(17)18/h2-5,8,15H,6-7,9H2,1H3,(H,20,23)(H2,19,21,22). The van der Waals surface area contributed by atoms with Crippen molar-refractivity contribution in [1.29, 1.82) is 0 Å². The summed E-state index contributed by atoms with van der Waals surface area (Å²) >= 11 is 1.21. The number of anilines is 1. The highest BCUT2D eigenvalue weighted by molar-refractivity contribution is 7.99. The molecular formula is C16H18F2N4O2S. The van der Waals surface area contributed by atoms with Crippen molar-refractivity contribution in [2.75, 3.05) is 18.0 Å². The first-order chi connectivity index (χ1) is 11.9. The van der Waals surface area contributed by atoms with E-state index in [0.29, 0.717) is 23.9 Å². The van der Waals surface area contributed by atoms with Gasteiger partial charge in [-0.25, -0.2) is 9.97 Å². The van der Waals surface area contributed by atoms with E-state index in [9.17, 15) is 13.6 Å². The van der Waals surface area contributed by atoms with Crippen LogP contribution in [-0.2, 0) is 11.2 Å². The average molecular weight is 368 g/mol. The third-order valence-electron chi connectivity index (χ3n) is 3.07. The van der Waals surface area contributed by atoms with Crippen molar-refractivity contribution >= 4 is 23.5 Å². The molecule has 9 heteroatoms. The van der Waals surface area contributed by atoms with Crippen LogP contribution in [0.1, 0.15) is 11.3 Å². The Labute approximate surface area is 148 Å². The van der Waals surface area contributed by atoms with Crippen LogP contribution in [0, 0.1) is 6.92 Å². The van der Waals surface area contributed by atoms with Crippen molar-refractivity contribution in [2.24, 2.45) is 0 Å². The number of alkyl halides is 2. The Hall–Kier alpha value is -2.42. The number of nitrogens with two attached hydrogens (primary N) is 1. The van der Waals surface area contributed by atoms with Crippen molar-refractivity contribution in [3.8, 4) is 5.75 Å². The second-order valence-corrected chi connectivity index (χ2v) is 6.07. The van der Waals surface area contributed by atoms with Crippen molar-refractivity contribution < 1.29 is 18.3 Å². The third kappa shape index (κ3) is 6.92. The molecule has 6 nitrogen and oxygen atoms in total. The second-order valence-electron chi connectivity index (χ2n) is 5.13. The van der Waals surface area contributed by atoms with E-state index in [2.05, 4.69) is 20.0 Å². The van der Waals surface area contributed by atoms with Gasteiger partial charge in [0.25, 0.3) is 0 Å². The number of aryl methyl sites for hydroxylation is 1. The quantitative estimate of drug-likeness (QED) is 0.549. The lowest BCUT2D eigenvalue weighted by atomic mass is 10.1. The van der Waals surface area contributed by atoms with Gasteiger partial charge in [0, 0.05) is 18.3 Å². The van der Waals surface area contributed by atoms with Gasteiger partial charge in [-0.05, 0) is 31.0 Å². The van der Waals surface area contributed by atoms with Crippen molar-refractivity contribution in [3.63, 3.8) is 0 Å². The molecule has 2 rings (SSSR count).